The highest BCUT2D eigenvalue weighted by atomic mass is 16.5. The van der Waals surface area contributed by atoms with Crippen LogP contribution in [0.1, 0.15) is 73.6 Å². The van der Waals surface area contributed by atoms with Gasteiger partial charge in [-0.1, -0.05) is 48.0 Å². The first-order valence-electron chi connectivity index (χ1n) is 8.75. The Morgan fingerprint density at radius 1 is 1.20 bits per heavy atom. The first-order valence-corrected chi connectivity index (χ1v) is 8.75. The molecule has 0 saturated heterocycles. The molecule has 3 atom stereocenters. The zero-order valence-electron chi connectivity index (χ0n) is 14.7. The van der Waals surface area contributed by atoms with Crippen molar-refractivity contribution in [2.75, 3.05) is 13.2 Å². The van der Waals surface area contributed by atoms with Crippen LogP contribution in [-0.4, -0.2) is 25.3 Å². The predicted molar refractivity (Wildman–Crippen MR) is 88.1 cm³/mol. The van der Waals surface area contributed by atoms with Gasteiger partial charge in [-0.05, 0) is 49.5 Å². The average molecular weight is 284 g/mol. The van der Waals surface area contributed by atoms with Crippen LogP contribution in [-0.2, 0) is 4.74 Å². The number of rotatable bonds is 8. The summed E-state index contributed by atoms with van der Waals surface area (Å²) in [6.07, 6.45) is 6.74. The van der Waals surface area contributed by atoms with Crippen molar-refractivity contribution < 1.29 is 4.74 Å². The number of ether oxygens (including phenoxy) is 1. The lowest BCUT2D eigenvalue weighted by Gasteiger charge is -2.43. The fourth-order valence-electron chi connectivity index (χ4n) is 3.19. The van der Waals surface area contributed by atoms with E-state index in [1.807, 2.05) is 0 Å². The van der Waals surface area contributed by atoms with Gasteiger partial charge < -0.3 is 10.1 Å². The van der Waals surface area contributed by atoms with Crippen molar-refractivity contribution in [2.24, 2.45) is 17.3 Å². The van der Waals surface area contributed by atoms with E-state index in [1.165, 1.54) is 32.1 Å². The average Bonchev–Trinajstić information content (AvgIpc) is 2.43. The third kappa shape index (κ3) is 5.37. The molecule has 2 nitrogen and oxygen atoms in total. The van der Waals surface area contributed by atoms with Crippen LogP contribution in [0.25, 0.3) is 0 Å². The molecule has 2 heteroatoms. The van der Waals surface area contributed by atoms with E-state index in [0.29, 0.717) is 23.5 Å². The molecule has 0 aromatic rings. The van der Waals surface area contributed by atoms with Gasteiger partial charge in [-0.25, -0.2) is 0 Å². The number of nitrogens with one attached hydrogen (secondary N) is 1. The minimum Gasteiger partial charge on any atom is -0.376 e. The lowest BCUT2D eigenvalue weighted by Crippen LogP contribution is -2.48. The summed E-state index contributed by atoms with van der Waals surface area (Å²) in [5.74, 6) is 1.44. The molecule has 1 N–H and O–H groups in total. The van der Waals surface area contributed by atoms with Crippen molar-refractivity contribution in [3.8, 4) is 0 Å². The molecule has 0 bridgehead atoms. The molecular formula is C18H37NO. The van der Waals surface area contributed by atoms with Gasteiger partial charge in [0.25, 0.3) is 0 Å². The summed E-state index contributed by atoms with van der Waals surface area (Å²) in [5, 5.41) is 3.71. The summed E-state index contributed by atoms with van der Waals surface area (Å²) in [5.41, 5.74) is 0.454. The summed E-state index contributed by atoms with van der Waals surface area (Å²) in [6, 6.07) is 0.567. The van der Waals surface area contributed by atoms with Gasteiger partial charge >= 0.3 is 0 Å². The standard InChI is InChI=1S/C18H37NO/c1-7-11-19-16-10-9-15(18(5,6)8-2)12-17(16)20-13-14(3)4/h14-17,19H,7-13H2,1-6H3. The van der Waals surface area contributed by atoms with Gasteiger partial charge in [-0.3, -0.25) is 0 Å². The second-order valence-electron chi connectivity index (χ2n) is 7.68. The highest BCUT2D eigenvalue weighted by Crippen LogP contribution is 2.41. The number of hydrogen-bond donors (Lipinski definition) is 1. The molecule has 0 heterocycles. The molecule has 0 aromatic heterocycles. The normalized spacial score (nSPS) is 28.1. The third-order valence-electron chi connectivity index (χ3n) is 5.11. The van der Waals surface area contributed by atoms with Gasteiger partial charge in [0.15, 0.2) is 0 Å². The molecule has 1 rings (SSSR count). The third-order valence-corrected chi connectivity index (χ3v) is 5.11. The van der Waals surface area contributed by atoms with Crippen LogP contribution in [0.5, 0.6) is 0 Å². The maximum atomic E-state index is 6.26. The van der Waals surface area contributed by atoms with E-state index in [2.05, 4.69) is 46.9 Å². The molecule has 1 fully saturated rings. The summed E-state index contributed by atoms with van der Waals surface area (Å²) >= 11 is 0. The minimum absolute atomic E-state index is 0.411. The van der Waals surface area contributed by atoms with Crippen LogP contribution in [0.3, 0.4) is 0 Å². The Balaban J connectivity index is 2.62. The maximum absolute atomic E-state index is 6.26. The Labute approximate surface area is 127 Å². The van der Waals surface area contributed by atoms with Crippen molar-refractivity contribution in [3.63, 3.8) is 0 Å². The molecular weight excluding hydrogens is 246 g/mol. The molecule has 0 spiro atoms. The molecule has 120 valence electrons. The van der Waals surface area contributed by atoms with Crippen LogP contribution in [0.2, 0.25) is 0 Å². The molecule has 20 heavy (non-hydrogen) atoms. The van der Waals surface area contributed by atoms with E-state index >= 15 is 0 Å². The molecule has 3 unspecified atom stereocenters. The van der Waals surface area contributed by atoms with Crippen molar-refractivity contribution >= 4 is 0 Å². The first-order chi connectivity index (χ1) is 9.40. The molecule has 0 amide bonds. The van der Waals surface area contributed by atoms with Crippen LogP contribution in [0, 0.1) is 17.3 Å². The largest absolute Gasteiger partial charge is 0.376 e. The van der Waals surface area contributed by atoms with Crippen molar-refractivity contribution in [2.45, 2.75) is 85.8 Å². The summed E-state index contributed by atoms with van der Waals surface area (Å²) in [4.78, 5) is 0. The van der Waals surface area contributed by atoms with Gasteiger partial charge in [0.2, 0.25) is 0 Å². The Hall–Kier alpha value is -0.0800. The molecule has 1 aliphatic rings. The quantitative estimate of drug-likeness (QED) is 0.701. The Bertz CT molecular complexity index is 262. The highest BCUT2D eigenvalue weighted by molar-refractivity contribution is 4.91. The van der Waals surface area contributed by atoms with E-state index < -0.39 is 0 Å². The lowest BCUT2D eigenvalue weighted by molar-refractivity contribution is -0.0399. The maximum Gasteiger partial charge on any atom is 0.0731 e. The molecule has 0 aromatic carbocycles. The van der Waals surface area contributed by atoms with Crippen LogP contribution in [0.15, 0.2) is 0 Å². The highest BCUT2D eigenvalue weighted by Gasteiger charge is 2.37. The van der Waals surface area contributed by atoms with Crippen molar-refractivity contribution in [3.05, 3.63) is 0 Å². The molecule has 1 saturated carbocycles. The molecule has 1 aliphatic carbocycles. The molecule has 0 aliphatic heterocycles. The van der Waals surface area contributed by atoms with E-state index in [4.69, 9.17) is 4.74 Å². The Morgan fingerprint density at radius 2 is 1.90 bits per heavy atom. The van der Waals surface area contributed by atoms with Crippen molar-refractivity contribution in [1.29, 1.82) is 0 Å². The van der Waals surface area contributed by atoms with Gasteiger partial charge in [0, 0.05) is 12.6 Å². The lowest BCUT2D eigenvalue weighted by atomic mass is 9.68. The SMILES string of the molecule is CCCNC1CCC(C(C)(C)CC)CC1OCC(C)C. The van der Waals surface area contributed by atoms with E-state index in [-0.39, 0.29) is 0 Å². The van der Waals surface area contributed by atoms with E-state index in [9.17, 15) is 0 Å². The molecule has 0 radical (unpaired) electrons. The van der Waals surface area contributed by atoms with Crippen LogP contribution in [0.4, 0.5) is 0 Å². The summed E-state index contributed by atoms with van der Waals surface area (Å²) in [7, 11) is 0. The Morgan fingerprint density at radius 3 is 2.45 bits per heavy atom. The van der Waals surface area contributed by atoms with Crippen LogP contribution < -0.4 is 5.32 Å². The zero-order chi connectivity index (χ0) is 15.2. The predicted octanol–water partition coefficient (Wildman–Crippen LogP) is 4.63. The van der Waals surface area contributed by atoms with E-state index in [1.54, 1.807) is 0 Å². The number of hydrogen-bond acceptors (Lipinski definition) is 2. The van der Waals surface area contributed by atoms with Crippen LogP contribution >= 0.6 is 0 Å². The fourth-order valence-corrected chi connectivity index (χ4v) is 3.19. The zero-order valence-corrected chi connectivity index (χ0v) is 14.7. The smallest absolute Gasteiger partial charge is 0.0731 e. The van der Waals surface area contributed by atoms with Gasteiger partial charge in [0.05, 0.1) is 6.10 Å². The first kappa shape index (κ1) is 18.0. The van der Waals surface area contributed by atoms with E-state index in [0.717, 1.165) is 19.1 Å². The van der Waals surface area contributed by atoms with Gasteiger partial charge in [0.1, 0.15) is 0 Å². The van der Waals surface area contributed by atoms with Gasteiger partial charge in [-0.15, -0.1) is 0 Å². The Kier molecular flexibility index (Phi) is 7.53. The van der Waals surface area contributed by atoms with Gasteiger partial charge in [-0.2, -0.15) is 0 Å². The van der Waals surface area contributed by atoms with Crippen molar-refractivity contribution in [1.82, 2.24) is 5.32 Å². The topological polar surface area (TPSA) is 21.3 Å². The minimum atomic E-state index is 0.411. The monoisotopic (exact) mass is 283 g/mol. The second-order valence-corrected chi connectivity index (χ2v) is 7.68. The fraction of sp³-hybridized carbons (Fsp3) is 1.00. The second kappa shape index (κ2) is 8.38. The summed E-state index contributed by atoms with van der Waals surface area (Å²) in [6.45, 7) is 15.9. The summed E-state index contributed by atoms with van der Waals surface area (Å²) < 4.78 is 6.26.